The van der Waals surface area contributed by atoms with Crippen LogP contribution in [0, 0.1) is 5.92 Å². The SMILES string of the molecule is C=C(C)N(CC(C)CN(C=O)C(=O)c1ccc(Cl)s1)c1ccc(N2CCOCC2=C)cc1.CC.CC. The van der Waals surface area contributed by atoms with E-state index in [1.165, 1.54) is 16.2 Å². The van der Waals surface area contributed by atoms with Crippen LogP contribution in [0.2, 0.25) is 4.34 Å². The highest BCUT2D eigenvalue weighted by Crippen LogP contribution is 2.27. The second kappa shape index (κ2) is 16.2. The van der Waals surface area contributed by atoms with E-state index in [1.54, 1.807) is 12.1 Å². The van der Waals surface area contributed by atoms with E-state index in [4.69, 9.17) is 16.3 Å². The van der Waals surface area contributed by atoms with E-state index in [0.717, 1.165) is 29.3 Å². The van der Waals surface area contributed by atoms with Gasteiger partial charge in [-0.1, -0.05) is 59.4 Å². The number of morpholine rings is 1. The Morgan fingerprint density at radius 1 is 1.17 bits per heavy atom. The standard InChI is InChI=1S/C24H28ClN3O3S.2C2H6/c1-17(2)28(21-7-5-20(6-8-21)27-11-12-31-15-19(27)4)14-18(3)13-26(16-29)24(30)22-9-10-23(25)32-22;2*1-2/h5-10,16,18H,1,4,11-15H2,2-3H3;2*1-2H3. The predicted molar refractivity (Wildman–Crippen MR) is 154 cm³/mol. The van der Waals surface area contributed by atoms with Crippen molar-refractivity contribution in [2.45, 2.75) is 41.5 Å². The van der Waals surface area contributed by atoms with Crippen LogP contribution >= 0.6 is 22.9 Å². The maximum Gasteiger partial charge on any atom is 0.270 e. The Kier molecular flexibility index (Phi) is 14.1. The van der Waals surface area contributed by atoms with Gasteiger partial charge in [0.1, 0.15) is 0 Å². The number of halogens is 1. The summed E-state index contributed by atoms with van der Waals surface area (Å²) in [6, 6.07) is 11.5. The third-order valence-electron chi connectivity index (χ3n) is 5.22. The molecule has 36 heavy (non-hydrogen) atoms. The fourth-order valence-corrected chi connectivity index (χ4v) is 4.64. The number of thiophene rings is 1. The molecular formula is C28H40ClN3O3S. The van der Waals surface area contributed by atoms with Gasteiger partial charge in [-0.15, -0.1) is 11.3 Å². The molecule has 0 spiro atoms. The molecule has 1 unspecified atom stereocenters. The van der Waals surface area contributed by atoms with Crippen LogP contribution in [0.5, 0.6) is 0 Å². The smallest absolute Gasteiger partial charge is 0.270 e. The second-order valence-electron chi connectivity index (χ2n) is 7.90. The summed E-state index contributed by atoms with van der Waals surface area (Å²) in [6.07, 6.45) is 0.585. The summed E-state index contributed by atoms with van der Waals surface area (Å²) in [5.41, 5.74) is 3.90. The number of ether oxygens (including phenoxy) is 1. The summed E-state index contributed by atoms with van der Waals surface area (Å²) < 4.78 is 5.96. The number of rotatable bonds is 9. The van der Waals surface area contributed by atoms with Gasteiger partial charge in [-0.3, -0.25) is 14.5 Å². The van der Waals surface area contributed by atoms with Crippen molar-refractivity contribution < 1.29 is 14.3 Å². The molecule has 1 aromatic carbocycles. The van der Waals surface area contributed by atoms with Crippen molar-refractivity contribution in [3.8, 4) is 0 Å². The summed E-state index contributed by atoms with van der Waals surface area (Å²) in [5, 5.41) is 0. The Balaban J connectivity index is 0.00000154. The van der Waals surface area contributed by atoms with Gasteiger partial charge in [0, 0.05) is 42.4 Å². The van der Waals surface area contributed by atoms with Crippen LogP contribution in [-0.4, -0.2) is 50.1 Å². The molecule has 1 aromatic heterocycles. The first kappa shape index (κ1) is 31.4. The van der Waals surface area contributed by atoms with E-state index in [0.29, 0.717) is 41.9 Å². The molecule has 1 aliphatic rings. The van der Waals surface area contributed by atoms with Crippen molar-refractivity contribution in [1.82, 2.24) is 4.90 Å². The van der Waals surface area contributed by atoms with Crippen LogP contribution in [0.15, 0.2) is 61.0 Å². The molecule has 1 aliphatic heterocycles. The van der Waals surface area contributed by atoms with Crippen LogP contribution < -0.4 is 9.80 Å². The van der Waals surface area contributed by atoms with Gasteiger partial charge >= 0.3 is 0 Å². The molecule has 3 rings (SSSR count). The number of hydrogen-bond donors (Lipinski definition) is 0. The summed E-state index contributed by atoms with van der Waals surface area (Å²) in [4.78, 5) is 30.1. The van der Waals surface area contributed by atoms with Crippen molar-refractivity contribution in [2.24, 2.45) is 5.92 Å². The molecular weight excluding hydrogens is 494 g/mol. The minimum atomic E-state index is -0.333. The number of anilines is 2. The van der Waals surface area contributed by atoms with Crippen molar-refractivity contribution in [2.75, 3.05) is 42.6 Å². The molecule has 198 valence electrons. The lowest BCUT2D eigenvalue weighted by molar-refractivity contribution is -0.116. The number of imide groups is 1. The van der Waals surface area contributed by atoms with Gasteiger partial charge in [-0.25, -0.2) is 0 Å². The van der Waals surface area contributed by atoms with Crippen molar-refractivity contribution in [3.05, 3.63) is 70.2 Å². The van der Waals surface area contributed by atoms with Crippen LogP contribution in [0.25, 0.3) is 0 Å². The summed E-state index contributed by atoms with van der Waals surface area (Å²) in [6.45, 7) is 23.1. The normalized spacial score (nSPS) is 13.4. The Bertz CT molecular complexity index is 990. The van der Waals surface area contributed by atoms with E-state index in [1.807, 2.05) is 41.5 Å². The van der Waals surface area contributed by atoms with Gasteiger partial charge in [0.2, 0.25) is 6.41 Å². The van der Waals surface area contributed by atoms with Gasteiger partial charge in [-0.05, 0) is 49.2 Å². The molecule has 6 nitrogen and oxygen atoms in total. The Morgan fingerprint density at radius 3 is 2.31 bits per heavy atom. The molecule has 2 amide bonds. The number of carbonyl (C=O) groups excluding carboxylic acids is 2. The largest absolute Gasteiger partial charge is 0.373 e. The van der Waals surface area contributed by atoms with Crippen LogP contribution in [-0.2, 0) is 9.53 Å². The molecule has 0 aliphatic carbocycles. The molecule has 8 heteroatoms. The average molecular weight is 534 g/mol. The molecule has 0 saturated carbocycles. The number of carbonyl (C=O) groups is 2. The predicted octanol–water partition coefficient (Wildman–Crippen LogP) is 7.08. The highest BCUT2D eigenvalue weighted by atomic mass is 35.5. The van der Waals surface area contributed by atoms with Gasteiger partial charge < -0.3 is 14.5 Å². The monoisotopic (exact) mass is 533 g/mol. The molecule has 2 heterocycles. The lowest BCUT2D eigenvalue weighted by Gasteiger charge is -2.32. The molecule has 1 saturated heterocycles. The Morgan fingerprint density at radius 2 is 1.81 bits per heavy atom. The molecule has 1 atom stereocenters. The number of allylic oxidation sites excluding steroid dienone is 1. The zero-order chi connectivity index (χ0) is 27.3. The van der Waals surface area contributed by atoms with Gasteiger partial charge in [0.25, 0.3) is 5.91 Å². The van der Waals surface area contributed by atoms with E-state index in [9.17, 15) is 9.59 Å². The quantitative estimate of drug-likeness (QED) is 0.322. The summed E-state index contributed by atoms with van der Waals surface area (Å²) in [7, 11) is 0. The maximum absolute atomic E-state index is 12.6. The second-order valence-corrected chi connectivity index (χ2v) is 9.62. The maximum atomic E-state index is 12.6. The number of hydrogen-bond acceptors (Lipinski definition) is 6. The Labute approximate surface area is 225 Å². The third kappa shape index (κ3) is 8.80. The van der Waals surface area contributed by atoms with Crippen LogP contribution in [0.1, 0.15) is 51.2 Å². The fourth-order valence-electron chi connectivity index (χ4n) is 3.64. The molecule has 0 bridgehead atoms. The summed E-state index contributed by atoms with van der Waals surface area (Å²) >= 11 is 7.10. The lowest BCUT2D eigenvalue weighted by atomic mass is 10.1. The van der Waals surface area contributed by atoms with E-state index in [2.05, 4.69) is 47.2 Å². The first-order chi connectivity index (χ1) is 17.3. The number of nitrogens with zero attached hydrogens (tertiary/aromatic N) is 3. The van der Waals surface area contributed by atoms with Gasteiger partial charge in [0.15, 0.2) is 0 Å². The molecule has 2 aromatic rings. The topological polar surface area (TPSA) is 53.1 Å². The fraction of sp³-hybridized carbons (Fsp3) is 0.429. The highest BCUT2D eigenvalue weighted by molar-refractivity contribution is 7.18. The zero-order valence-electron chi connectivity index (χ0n) is 22.4. The minimum Gasteiger partial charge on any atom is -0.373 e. The first-order valence-electron chi connectivity index (χ1n) is 12.4. The minimum absolute atomic E-state index is 0.0231. The third-order valence-corrected chi connectivity index (χ3v) is 6.44. The van der Waals surface area contributed by atoms with Crippen LogP contribution in [0.4, 0.5) is 11.4 Å². The highest BCUT2D eigenvalue weighted by Gasteiger charge is 2.22. The van der Waals surface area contributed by atoms with Crippen molar-refractivity contribution in [1.29, 1.82) is 0 Å². The summed E-state index contributed by atoms with van der Waals surface area (Å²) in [5.74, 6) is -0.310. The van der Waals surface area contributed by atoms with Crippen molar-refractivity contribution in [3.63, 3.8) is 0 Å². The average Bonchev–Trinajstić information content (AvgIpc) is 3.34. The van der Waals surface area contributed by atoms with E-state index >= 15 is 0 Å². The Hall–Kier alpha value is -2.61. The first-order valence-corrected chi connectivity index (χ1v) is 13.6. The van der Waals surface area contributed by atoms with Gasteiger partial charge in [-0.2, -0.15) is 0 Å². The van der Waals surface area contributed by atoms with Gasteiger partial charge in [0.05, 0.1) is 22.4 Å². The lowest BCUT2D eigenvalue weighted by Crippen LogP contribution is -2.37. The number of amides is 2. The van der Waals surface area contributed by atoms with Crippen LogP contribution in [0.3, 0.4) is 0 Å². The van der Waals surface area contributed by atoms with Crippen molar-refractivity contribution >= 4 is 46.6 Å². The van der Waals surface area contributed by atoms with E-state index < -0.39 is 0 Å². The molecule has 0 N–H and O–H groups in total. The number of benzene rings is 1. The molecule has 1 fully saturated rings. The molecule has 0 radical (unpaired) electrons. The van der Waals surface area contributed by atoms with E-state index in [-0.39, 0.29) is 11.8 Å². The zero-order valence-corrected chi connectivity index (χ0v) is 24.0.